The van der Waals surface area contributed by atoms with Crippen LogP contribution in [0.15, 0.2) is 24.3 Å². The van der Waals surface area contributed by atoms with Crippen molar-refractivity contribution >= 4 is 17.9 Å². The van der Waals surface area contributed by atoms with E-state index in [1.54, 1.807) is 13.2 Å². The maximum atomic E-state index is 12.0. The minimum atomic E-state index is -0.164. The Hall–Kier alpha value is -2.30. The molecule has 1 aromatic rings. The van der Waals surface area contributed by atoms with Gasteiger partial charge in [0.25, 0.3) is 0 Å². The van der Waals surface area contributed by atoms with Gasteiger partial charge in [-0.15, -0.1) is 0 Å². The Bertz CT molecular complexity index is 552. The van der Waals surface area contributed by atoms with Crippen molar-refractivity contribution < 1.29 is 14.3 Å². The van der Waals surface area contributed by atoms with Gasteiger partial charge in [0.15, 0.2) is 0 Å². The Morgan fingerprint density at radius 3 is 2.95 bits per heavy atom. The molecule has 0 aromatic heterocycles. The molecule has 0 spiro atoms. The Morgan fingerprint density at radius 1 is 1.45 bits per heavy atom. The minimum absolute atomic E-state index is 0.119. The van der Waals surface area contributed by atoms with Gasteiger partial charge in [0.1, 0.15) is 5.75 Å². The Labute approximate surface area is 118 Å². The molecule has 1 N–H and O–H groups in total. The highest BCUT2D eigenvalue weighted by atomic mass is 16.5. The Morgan fingerprint density at radius 2 is 2.25 bits per heavy atom. The summed E-state index contributed by atoms with van der Waals surface area (Å²) < 4.78 is 5.25. The zero-order chi connectivity index (χ0) is 14.5. The second-order valence-electron chi connectivity index (χ2n) is 4.69. The van der Waals surface area contributed by atoms with Crippen LogP contribution < -0.4 is 10.1 Å². The van der Waals surface area contributed by atoms with E-state index in [-0.39, 0.29) is 18.4 Å². The molecule has 0 radical (unpaired) electrons. The second kappa shape index (κ2) is 6.23. The SMILES string of the molecule is COc1ccc(C)cc1C=CC(=O)N1CCNC(=O)C1. The first kappa shape index (κ1) is 14.1. The highest BCUT2D eigenvalue weighted by Crippen LogP contribution is 2.21. The lowest BCUT2D eigenvalue weighted by atomic mass is 10.1. The third-order valence-corrected chi connectivity index (χ3v) is 3.14. The molecule has 1 heterocycles. The van der Waals surface area contributed by atoms with Gasteiger partial charge in [-0.05, 0) is 25.1 Å². The third-order valence-electron chi connectivity index (χ3n) is 3.14. The van der Waals surface area contributed by atoms with Gasteiger partial charge in [0.2, 0.25) is 11.8 Å². The number of hydrogen-bond donors (Lipinski definition) is 1. The van der Waals surface area contributed by atoms with Crippen LogP contribution in [-0.2, 0) is 9.59 Å². The molecule has 5 nitrogen and oxygen atoms in total. The third kappa shape index (κ3) is 3.38. The average molecular weight is 274 g/mol. The maximum absolute atomic E-state index is 12.0. The summed E-state index contributed by atoms with van der Waals surface area (Å²) in [5.41, 5.74) is 1.94. The molecule has 0 atom stereocenters. The second-order valence-corrected chi connectivity index (χ2v) is 4.69. The predicted octanol–water partition coefficient (Wildman–Crippen LogP) is 0.975. The van der Waals surface area contributed by atoms with E-state index in [4.69, 9.17) is 4.74 Å². The number of amides is 2. The zero-order valence-corrected chi connectivity index (χ0v) is 11.7. The summed E-state index contributed by atoms with van der Waals surface area (Å²) in [6.45, 7) is 3.15. The normalized spacial score (nSPS) is 15.3. The molecule has 0 unspecified atom stereocenters. The van der Waals surface area contributed by atoms with Crippen LogP contribution in [0.5, 0.6) is 5.75 Å². The first-order valence-corrected chi connectivity index (χ1v) is 6.48. The number of piperazine rings is 1. The highest BCUT2D eigenvalue weighted by molar-refractivity contribution is 5.95. The largest absolute Gasteiger partial charge is 0.496 e. The average Bonchev–Trinajstić information content (AvgIpc) is 2.45. The fourth-order valence-corrected chi connectivity index (χ4v) is 2.08. The number of carbonyl (C=O) groups excluding carboxylic acids is 2. The van der Waals surface area contributed by atoms with Crippen molar-refractivity contribution in [1.82, 2.24) is 10.2 Å². The first-order valence-electron chi connectivity index (χ1n) is 6.48. The molecule has 106 valence electrons. The fourth-order valence-electron chi connectivity index (χ4n) is 2.08. The molecule has 5 heteroatoms. The van der Waals surface area contributed by atoms with Gasteiger partial charge >= 0.3 is 0 Å². The molecule has 2 rings (SSSR count). The van der Waals surface area contributed by atoms with Crippen molar-refractivity contribution in [1.29, 1.82) is 0 Å². The van der Waals surface area contributed by atoms with E-state index in [9.17, 15) is 9.59 Å². The van der Waals surface area contributed by atoms with Crippen molar-refractivity contribution in [2.24, 2.45) is 0 Å². The summed E-state index contributed by atoms with van der Waals surface area (Å²) in [5.74, 6) is 0.436. The van der Waals surface area contributed by atoms with E-state index < -0.39 is 0 Å². The number of methoxy groups -OCH3 is 1. The zero-order valence-electron chi connectivity index (χ0n) is 11.7. The number of ether oxygens (including phenoxy) is 1. The predicted molar refractivity (Wildman–Crippen MR) is 76.4 cm³/mol. The molecule has 2 amide bonds. The fraction of sp³-hybridized carbons (Fsp3) is 0.333. The van der Waals surface area contributed by atoms with Crippen molar-refractivity contribution in [3.8, 4) is 5.75 Å². The van der Waals surface area contributed by atoms with E-state index in [0.29, 0.717) is 13.1 Å². The van der Waals surface area contributed by atoms with Gasteiger partial charge < -0.3 is 15.0 Å². The molecule has 0 saturated carbocycles. The monoisotopic (exact) mass is 274 g/mol. The summed E-state index contributed by atoms with van der Waals surface area (Å²) in [7, 11) is 1.60. The number of nitrogens with zero attached hydrogens (tertiary/aromatic N) is 1. The van der Waals surface area contributed by atoms with Gasteiger partial charge in [-0.25, -0.2) is 0 Å². The van der Waals surface area contributed by atoms with Crippen LogP contribution in [0, 0.1) is 6.92 Å². The summed E-state index contributed by atoms with van der Waals surface area (Å²) in [4.78, 5) is 24.8. The molecule has 0 bridgehead atoms. The van der Waals surface area contributed by atoms with Crippen molar-refractivity contribution in [2.75, 3.05) is 26.7 Å². The molecular weight excluding hydrogens is 256 g/mol. The van der Waals surface area contributed by atoms with Crippen LogP contribution in [0.25, 0.3) is 6.08 Å². The number of hydrogen-bond acceptors (Lipinski definition) is 3. The van der Waals surface area contributed by atoms with E-state index in [1.807, 2.05) is 25.1 Å². The number of nitrogens with one attached hydrogen (secondary N) is 1. The lowest BCUT2D eigenvalue weighted by Crippen LogP contribution is -2.49. The summed E-state index contributed by atoms with van der Waals surface area (Å²) >= 11 is 0. The van der Waals surface area contributed by atoms with E-state index in [2.05, 4.69) is 5.32 Å². The van der Waals surface area contributed by atoms with Gasteiger partial charge in [-0.1, -0.05) is 11.6 Å². The van der Waals surface area contributed by atoms with Crippen LogP contribution in [0.2, 0.25) is 0 Å². The van der Waals surface area contributed by atoms with Crippen LogP contribution in [0.3, 0.4) is 0 Å². The van der Waals surface area contributed by atoms with Crippen molar-refractivity contribution in [3.05, 3.63) is 35.4 Å². The Balaban J connectivity index is 2.10. The quantitative estimate of drug-likeness (QED) is 0.836. The first-order chi connectivity index (χ1) is 9.60. The van der Waals surface area contributed by atoms with Crippen LogP contribution >= 0.6 is 0 Å². The Kier molecular flexibility index (Phi) is 4.40. The standard InChI is InChI=1S/C15H18N2O3/c1-11-3-5-13(20-2)12(9-11)4-6-15(19)17-8-7-16-14(18)10-17/h3-6,9H,7-8,10H2,1-2H3,(H,16,18). The lowest BCUT2D eigenvalue weighted by Gasteiger charge is -2.25. The number of aryl methyl sites for hydroxylation is 1. The van der Waals surface area contributed by atoms with Gasteiger partial charge in [-0.2, -0.15) is 0 Å². The maximum Gasteiger partial charge on any atom is 0.247 e. The highest BCUT2D eigenvalue weighted by Gasteiger charge is 2.19. The number of benzene rings is 1. The molecule has 1 aromatic carbocycles. The minimum Gasteiger partial charge on any atom is -0.496 e. The molecule has 0 aliphatic carbocycles. The molecule has 1 aliphatic heterocycles. The summed E-state index contributed by atoms with van der Waals surface area (Å²) in [5, 5.41) is 2.69. The molecule has 1 saturated heterocycles. The van der Waals surface area contributed by atoms with Crippen molar-refractivity contribution in [3.63, 3.8) is 0 Å². The molecule has 1 aliphatic rings. The van der Waals surface area contributed by atoms with Gasteiger partial charge in [0, 0.05) is 24.7 Å². The molecule has 1 fully saturated rings. The van der Waals surface area contributed by atoms with Crippen LogP contribution in [0.4, 0.5) is 0 Å². The number of rotatable bonds is 3. The summed E-state index contributed by atoms with van der Waals surface area (Å²) in [6, 6.07) is 5.77. The smallest absolute Gasteiger partial charge is 0.247 e. The van der Waals surface area contributed by atoms with Gasteiger partial charge in [0.05, 0.1) is 13.7 Å². The molecular formula is C15H18N2O3. The van der Waals surface area contributed by atoms with Gasteiger partial charge in [-0.3, -0.25) is 9.59 Å². The lowest BCUT2D eigenvalue weighted by molar-refractivity contribution is -0.134. The number of carbonyl (C=O) groups is 2. The van der Waals surface area contributed by atoms with Crippen LogP contribution in [-0.4, -0.2) is 43.5 Å². The van der Waals surface area contributed by atoms with Crippen molar-refractivity contribution in [2.45, 2.75) is 6.92 Å². The molecule has 20 heavy (non-hydrogen) atoms. The van der Waals surface area contributed by atoms with E-state index >= 15 is 0 Å². The summed E-state index contributed by atoms with van der Waals surface area (Å²) in [6.07, 6.45) is 3.20. The van der Waals surface area contributed by atoms with E-state index in [0.717, 1.165) is 16.9 Å². The van der Waals surface area contributed by atoms with E-state index in [1.165, 1.54) is 11.0 Å². The topological polar surface area (TPSA) is 58.6 Å². The van der Waals surface area contributed by atoms with Crippen LogP contribution in [0.1, 0.15) is 11.1 Å².